The summed E-state index contributed by atoms with van der Waals surface area (Å²) in [6.45, 7) is 14.9. The first-order chi connectivity index (χ1) is 27.1. The minimum absolute atomic E-state index is 0.0350. The zero-order chi connectivity index (χ0) is 42.3. The molecule has 1 saturated heterocycles. The van der Waals surface area contributed by atoms with Crippen LogP contribution in [0, 0.1) is 6.92 Å². The van der Waals surface area contributed by atoms with Crippen LogP contribution in [0.2, 0.25) is 0 Å². The summed E-state index contributed by atoms with van der Waals surface area (Å²) in [7, 11) is -5.81. The molecule has 17 nitrogen and oxygen atoms in total. The summed E-state index contributed by atoms with van der Waals surface area (Å²) in [5.41, 5.74) is 1.74. The molecule has 1 aromatic heterocycles. The number of carbonyl (C=O) groups is 1. The van der Waals surface area contributed by atoms with Crippen LogP contribution < -0.4 is 19.7 Å². The minimum atomic E-state index is -4.33. The van der Waals surface area contributed by atoms with Gasteiger partial charge in [-0.2, -0.15) is 9.78 Å². The molecule has 58 heavy (non-hydrogen) atoms. The van der Waals surface area contributed by atoms with E-state index in [1.54, 1.807) is 19.1 Å². The molecule has 1 fully saturated rings. The largest absolute Gasteiger partial charge is 0.508 e. The quantitative estimate of drug-likeness (QED) is 0.127. The lowest BCUT2D eigenvalue weighted by molar-refractivity contribution is -0.115. The summed E-state index contributed by atoms with van der Waals surface area (Å²) in [4.78, 5) is 23.2. The van der Waals surface area contributed by atoms with Crippen LogP contribution in [0.1, 0.15) is 50.0 Å². The SMILES string of the molecule is C=C1CN(C)C(c2cc(S(=O)(=O)Nc3cc(O)cc(C)c3-c3nnc4n3N=C(C(=O)NC(C)(C)C)C4=Nc3ccc(N(CC)CCNS(C)(=O)=O)cc3)ccc2O)S1. The van der Waals surface area contributed by atoms with Gasteiger partial charge in [0.15, 0.2) is 11.5 Å². The van der Waals surface area contributed by atoms with Crippen LogP contribution in [-0.4, -0.2) is 109 Å². The van der Waals surface area contributed by atoms with E-state index < -0.39 is 31.5 Å². The molecule has 3 heterocycles. The van der Waals surface area contributed by atoms with E-state index in [1.807, 2.05) is 56.7 Å². The molecule has 5 N–H and O–H groups in total. The fraction of sp³-hybridized carbons (Fsp3) is 0.342. The fourth-order valence-corrected chi connectivity index (χ4v) is 9.21. The van der Waals surface area contributed by atoms with Gasteiger partial charge in [-0.3, -0.25) is 14.4 Å². The number of sulfonamides is 2. The molecule has 0 saturated carbocycles. The number of thioether (sulfide) groups is 1. The van der Waals surface area contributed by atoms with E-state index >= 15 is 0 Å². The van der Waals surface area contributed by atoms with Gasteiger partial charge in [-0.15, -0.1) is 22.0 Å². The van der Waals surface area contributed by atoms with Crippen molar-refractivity contribution in [2.45, 2.75) is 50.4 Å². The number of rotatable bonds is 13. The summed E-state index contributed by atoms with van der Waals surface area (Å²) in [6, 6.07) is 13.9. The van der Waals surface area contributed by atoms with Crippen LogP contribution in [0.15, 0.2) is 81.1 Å². The predicted octanol–water partition coefficient (Wildman–Crippen LogP) is 4.29. The Kier molecular flexibility index (Phi) is 11.8. The summed E-state index contributed by atoms with van der Waals surface area (Å²) >= 11 is 1.43. The normalized spacial score (nSPS) is 16.7. The molecule has 308 valence electrons. The van der Waals surface area contributed by atoms with Crippen LogP contribution in [0.3, 0.4) is 0 Å². The van der Waals surface area contributed by atoms with Crippen LogP contribution in [-0.2, 0) is 24.8 Å². The second kappa shape index (κ2) is 16.2. The van der Waals surface area contributed by atoms with E-state index in [0.29, 0.717) is 36.4 Å². The van der Waals surface area contributed by atoms with Crippen molar-refractivity contribution in [2.24, 2.45) is 10.1 Å². The number of aromatic hydroxyl groups is 2. The lowest BCUT2D eigenvalue weighted by Crippen LogP contribution is -2.45. The number of hydrogen-bond donors (Lipinski definition) is 5. The Morgan fingerprint density at radius 2 is 1.74 bits per heavy atom. The van der Waals surface area contributed by atoms with Crippen molar-refractivity contribution in [3.63, 3.8) is 0 Å². The van der Waals surface area contributed by atoms with E-state index in [1.165, 1.54) is 46.8 Å². The van der Waals surface area contributed by atoms with Gasteiger partial charge >= 0.3 is 0 Å². The Balaban J connectivity index is 1.38. The van der Waals surface area contributed by atoms with E-state index in [9.17, 15) is 31.8 Å². The number of carbonyl (C=O) groups excluding carboxylic acids is 1. The molecule has 0 bridgehead atoms. The number of aromatic nitrogens is 3. The van der Waals surface area contributed by atoms with E-state index in [2.05, 4.69) is 36.6 Å². The Morgan fingerprint density at radius 3 is 2.36 bits per heavy atom. The van der Waals surface area contributed by atoms with Gasteiger partial charge in [0, 0.05) is 54.6 Å². The number of phenolic OH excluding ortho intramolecular Hbond substituents is 2. The van der Waals surface area contributed by atoms with Crippen molar-refractivity contribution in [3.05, 3.63) is 83.0 Å². The Hall–Kier alpha value is -5.28. The number of aryl methyl sites for hydroxylation is 1. The first kappa shape index (κ1) is 42.3. The summed E-state index contributed by atoms with van der Waals surface area (Å²) < 4.78 is 57.6. The molecule has 0 aliphatic carbocycles. The van der Waals surface area contributed by atoms with Crippen LogP contribution in [0.4, 0.5) is 17.1 Å². The highest BCUT2D eigenvalue weighted by molar-refractivity contribution is 8.03. The van der Waals surface area contributed by atoms with Crippen molar-refractivity contribution < 1.29 is 31.8 Å². The number of fused-ring (bicyclic) bond motifs is 1. The number of likely N-dealkylation sites (N-methyl/N-ethyl adjacent to an activating group) is 2. The first-order valence-electron chi connectivity index (χ1n) is 18.1. The number of benzene rings is 3. The third-order valence-corrected chi connectivity index (χ3v) is 12.4. The Bertz CT molecular complexity index is 2560. The first-order valence-corrected chi connectivity index (χ1v) is 22.4. The van der Waals surface area contributed by atoms with Gasteiger partial charge in [-0.05, 0) is 101 Å². The maximum atomic E-state index is 14.0. The average molecular weight is 851 g/mol. The standard InChI is InChI=1S/C38H46N10O7S3/c1-9-47(17-16-39-57(8,52)53)25-12-10-24(11-13-25)40-32-33(36(51)41-38(4,5)6)44-48-34(42-43-35(32)48)31-22(2)18-26(49)19-29(31)45-58(54,55)27-14-15-30(50)28(20-27)37-46(7)21-23(3)56-37/h10-15,18-20,37,39,45,49-50H,3,9,16-17,21H2,1-2,4-8H3,(H,41,51). The second-order valence-corrected chi connectivity index (χ2v) is 19.7. The van der Waals surface area contributed by atoms with Crippen LogP contribution in [0.5, 0.6) is 11.5 Å². The van der Waals surface area contributed by atoms with Gasteiger partial charge in [0.25, 0.3) is 15.9 Å². The van der Waals surface area contributed by atoms with Gasteiger partial charge in [0.2, 0.25) is 15.8 Å². The molecule has 1 atom stereocenters. The summed E-state index contributed by atoms with van der Waals surface area (Å²) in [5, 5.41) is 37.3. The van der Waals surface area contributed by atoms with Gasteiger partial charge in [-0.25, -0.2) is 26.6 Å². The smallest absolute Gasteiger partial charge is 0.274 e. The molecular formula is C38H46N10O7S3. The monoisotopic (exact) mass is 850 g/mol. The van der Waals surface area contributed by atoms with Crippen molar-refractivity contribution in [3.8, 4) is 22.9 Å². The lowest BCUT2D eigenvalue weighted by Gasteiger charge is -2.23. The molecule has 1 unspecified atom stereocenters. The van der Waals surface area contributed by atoms with Gasteiger partial charge in [0.1, 0.15) is 17.2 Å². The highest BCUT2D eigenvalue weighted by atomic mass is 32.2. The molecule has 0 radical (unpaired) electrons. The van der Waals surface area contributed by atoms with Crippen molar-refractivity contribution in [1.82, 2.24) is 29.8 Å². The second-order valence-electron chi connectivity index (χ2n) is 15.0. The number of amides is 1. The predicted molar refractivity (Wildman–Crippen MR) is 227 cm³/mol. The minimum Gasteiger partial charge on any atom is -0.508 e. The Labute approximate surface area is 342 Å². The number of nitrogens with one attached hydrogen (secondary N) is 3. The number of phenols is 2. The number of aliphatic imine (C=N–C) groups is 1. The number of nitrogens with zero attached hydrogens (tertiary/aromatic N) is 7. The molecule has 3 aromatic carbocycles. The lowest BCUT2D eigenvalue weighted by atomic mass is 10.1. The van der Waals surface area contributed by atoms with Crippen molar-refractivity contribution >= 4 is 66.2 Å². The van der Waals surface area contributed by atoms with Gasteiger partial charge in [0.05, 0.1) is 27.9 Å². The Morgan fingerprint density at radius 1 is 1.05 bits per heavy atom. The van der Waals surface area contributed by atoms with Crippen molar-refractivity contribution in [1.29, 1.82) is 0 Å². The van der Waals surface area contributed by atoms with E-state index in [-0.39, 0.29) is 62.6 Å². The third kappa shape index (κ3) is 9.36. The maximum absolute atomic E-state index is 14.0. The summed E-state index contributed by atoms with van der Waals surface area (Å²) in [5.74, 6) is -0.630. The number of anilines is 2. The number of hydrogen-bond acceptors (Lipinski definition) is 14. The topological polar surface area (TPSA) is 224 Å². The molecule has 2 aliphatic heterocycles. The molecule has 20 heteroatoms. The van der Waals surface area contributed by atoms with Gasteiger partial charge < -0.3 is 20.4 Å². The molecule has 6 rings (SSSR count). The molecular weight excluding hydrogens is 805 g/mol. The summed E-state index contributed by atoms with van der Waals surface area (Å²) in [6.07, 6.45) is 1.11. The molecule has 1 amide bonds. The van der Waals surface area contributed by atoms with E-state index in [0.717, 1.165) is 16.8 Å². The molecule has 2 aliphatic rings. The highest BCUT2D eigenvalue weighted by Crippen LogP contribution is 2.46. The van der Waals surface area contributed by atoms with Crippen molar-refractivity contribution in [2.75, 3.05) is 49.1 Å². The maximum Gasteiger partial charge on any atom is 0.274 e. The van der Waals surface area contributed by atoms with Crippen LogP contribution in [0.25, 0.3) is 11.4 Å². The molecule has 0 spiro atoms. The third-order valence-electron chi connectivity index (χ3n) is 9.03. The zero-order valence-corrected chi connectivity index (χ0v) is 35.5. The molecule has 4 aromatic rings. The van der Waals surface area contributed by atoms with Crippen LogP contribution >= 0.6 is 11.8 Å². The van der Waals surface area contributed by atoms with Gasteiger partial charge in [-0.1, -0.05) is 6.58 Å². The fourth-order valence-electron chi connectivity index (χ4n) is 6.48. The zero-order valence-electron chi connectivity index (χ0n) is 33.1. The average Bonchev–Trinajstić information content (AvgIpc) is 3.79. The van der Waals surface area contributed by atoms with E-state index in [4.69, 9.17) is 4.99 Å². The highest BCUT2D eigenvalue weighted by Gasteiger charge is 2.36.